The fourth-order valence-electron chi connectivity index (χ4n) is 4.72. The van der Waals surface area contributed by atoms with Crippen LogP contribution in [0.15, 0.2) is 48.2 Å². The van der Waals surface area contributed by atoms with Gasteiger partial charge < -0.3 is 10.8 Å². The van der Waals surface area contributed by atoms with E-state index < -0.39 is 5.97 Å². The van der Waals surface area contributed by atoms with Gasteiger partial charge in [0.25, 0.3) is 0 Å². The Hall–Kier alpha value is -2.79. The Bertz CT molecular complexity index is 1090. The van der Waals surface area contributed by atoms with Crippen molar-refractivity contribution in [3.8, 4) is 0 Å². The van der Waals surface area contributed by atoms with Gasteiger partial charge in [0, 0.05) is 10.8 Å². The zero-order chi connectivity index (χ0) is 23.1. The number of carboxylic acid groups (broad SMARTS) is 1. The zero-order valence-electron chi connectivity index (χ0n) is 19.5. The summed E-state index contributed by atoms with van der Waals surface area (Å²) in [6, 6.07) is 6.58. The second kappa shape index (κ2) is 8.28. The SMILES string of the molecule is CC1(C)CCC(C)(C)c2nc(C3=CCCCC(C(N)c4ccc(C(=O)O)cc4)=C3)cnc21. The van der Waals surface area contributed by atoms with E-state index in [-0.39, 0.29) is 22.4 Å². The third-order valence-corrected chi connectivity index (χ3v) is 7.02. The molecular weight excluding hydrogens is 398 g/mol. The van der Waals surface area contributed by atoms with Gasteiger partial charge in [-0.15, -0.1) is 0 Å². The van der Waals surface area contributed by atoms with Crippen molar-refractivity contribution >= 4 is 11.5 Å². The summed E-state index contributed by atoms with van der Waals surface area (Å²) < 4.78 is 0. The number of aromatic nitrogens is 2. The second-order valence-electron chi connectivity index (χ2n) is 10.4. The Kier molecular flexibility index (Phi) is 5.80. The minimum atomic E-state index is -0.930. The summed E-state index contributed by atoms with van der Waals surface area (Å²) in [7, 11) is 0. The van der Waals surface area contributed by atoms with Crippen molar-refractivity contribution in [2.24, 2.45) is 5.73 Å². The molecule has 0 fully saturated rings. The van der Waals surface area contributed by atoms with Crippen molar-refractivity contribution in [1.29, 1.82) is 0 Å². The predicted octanol–water partition coefficient (Wildman–Crippen LogP) is 5.72. The monoisotopic (exact) mass is 431 g/mol. The van der Waals surface area contributed by atoms with Crippen molar-refractivity contribution in [3.05, 3.63) is 76.4 Å². The maximum atomic E-state index is 11.2. The highest BCUT2D eigenvalue weighted by Crippen LogP contribution is 2.44. The van der Waals surface area contributed by atoms with Crippen LogP contribution in [0, 0.1) is 0 Å². The minimum absolute atomic E-state index is 0.00792. The van der Waals surface area contributed by atoms with E-state index in [1.807, 2.05) is 18.3 Å². The number of hydrogen-bond acceptors (Lipinski definition) is 4. The molecule has 0 saturated carbocycles. The van der Waals surface area contributed by atoms with Gasteiger partial charge in [-0.1, -0.05) is 52.0 Å². The summed E-state index contributed by atoms with van der Waals surface area (Å²) in [4.78, 5) is 21.2. The molecule has 2 aliphatic carbocycles. The van der Waals surface area contributed by atoms with Crippen molar-refractivity contribution in [1.82, 2.24) is 9.97 Å². The Balaban J connectivity index is 1.68. The Morgan fingerprint density at radius 3 is 2.38 bits per heavy atom. The Labute approximate surface area is 190 Å². The van der Waals surface area contributed by atoms with Crippen LogP contribution in [0.1, 0.15) is 98.8 Å². The fraction of sp³-hybridized carbons (Fsp3) is 0.444. The average molecular weight is 432 g/mol. The van der Waals surface area contributed by atoms with Crippen LogP contribution in [0.3, 0.4) is 0 Å². The molecule has 4 rings (SSSR count). The molecule has 0 bridgehead atoms. The number of benzene rings is 1. The molecule has 1 aromatic heterocycles. The third-order valence-electron chi connectivity index (χ3n) is 7.02. The van der Waals surface area contributed by atoms with E-state index in [9.17, 15) is 4.79 Å². The van der Waals surface area contributed by atoms with Gasteiger partial charge >= 0.3 is 5.97 Å². The summed E-state index contributed by atoms with van der Waals surface area (Å²) in [5.41, 5.74) is 13.2. The van der Waals surface area contributed by atoms with E-state index in [2.05, 4.69) is 39.8 Å². The van der Waals surface area contributed by atoms with Crippen LogP contribution in [-0.2, 0) is 10.8 Å². The van der Waals surface area contributed by atoms with E-state index in [1.54, 1.807) is 12.1 Å². The van der Waals surface area contributed by atoms with Gasteiger partial charge in [-0.3, -0.25) is 4.98 Å². The smallest absolute Gasteiger partial charge is 0.335 e. The number of allylic oxidation sites excluding steroid dienone is 3. The van der Waals surface area contributed by atoms with Crippen LogP contribution in [0.25, 0.3) is 5.57 Å². The molecular formula is C27H33N3O2. The van der Waals surface area contributed by atoms with E-state index in [4.69, 9.17) is 20.8 Å². The zero-order valence-corrected chi connectivity index (χ0v) is 19.5. The topological polar surface area (TPSA) is 89.1 Å². The molecule has 5 nitrogen and oxygen atoms in total. The normalized spacial score (nSPS) is 20.4. The predicted molar refractivity (Wildman–Crippen MR) is 128 cm³/mol. The van der Waals surface area contributed by atoms with Crippen LogP contribution < -0.4 is 5.73 Å². The lowest BCUT2D eigenvalue weighted by Gasteiger charge is -2.39. The van der Waals surface area contributed by atoms with Crippen LogP contribution in [0.5, 0.6) is 0 Å². The van der Waals surface area contributed by atoms with E-state index in [1.165, 1.54) is 0 Å². The first-order chi connectivity index (χ1) is 15.1. The molecule has 0 spiro atoms. The minimum Gasteiger partial charge on any atom is -0.478 e. The molecule has 0 radical (unpaired) electrons. The van der Waals surface area contributed by atoms with Crippen LogP contribution in [0.2, 0.25) is 0 Å². The van der Waals surface area contributed by atoms with Gasteiger partial charge in [-0.2, -0.15) is 0 Å². The molecule has 5 heteroatoms. The molecule has 168 valence electrons. The van der Waals surface area contributed by atoms with Gasteiger partial charge in [-0.25, -0.2) is 9.78 Å². The lowest BCUT2D eigenvalue weighted by atomic mass is 9.67. The number of carbonyl (C=O) groups is 1. The molecule has 3 N–H and O–H groups in total. The van der Waals surface area contributed by atoms with Crippen LogP contribution in [-0.4, -0.2) is 21.0 Å². The van der Waals surface area contributed by atoms with Crippen molar-refractivity contribution in [3.63, 3.8) is 0 Å². The maximum absolute atomic E-state index is 11.2. The van der Waals surface area contributed by atoms with Gasteiger partial charge in [-0.05, 0) is 60.9 Å². The Morgan fingerprint density at radius 1 is 1.06 bits per heavy atom. The summed E-state index contributed by atoms with van der Waals surface area (Å²) in [6.07, 6.45) is 11.4. The number of hydrogen-bond donors (Lipinski definition) is 2. The van der Waals surface area contributed by atoms with Gasteiger partial charge in [0.05, 0.1) is 34.9 Å². The molecule has 2 aliphatic rings. The largest absolute Gasteiger partial charge is 0.478 e. The van der Waals surface area contributed by atoms with Crippen LogP contribution in [0.4, 0.5) is 0 Å². The molecule has 0 aliphatic heterocycles. The third kappa shape index (κ3) is 4.26. The summed E-state index contributed by atoms with van der Waals surface area (Å²) in [6.45, 7) is 9.04. The molecule has 32 heavy (non-hydrogen) atoms. The first kappa shape index (κ1) is 22.4. The number of aromatic carboxylic acids is 1. The van der Waals surface area contributed by atoms with Gasteiger partial charge in [0.2, 0.25) is 0 Å². The van der Waals surface area contributed by atoms with Crippen molar-refractivity contribution in [2.45, 2.75) is 76.7 Å². The van der Waals surface area contributed by atoms with Crippen molar-refractivity contribution < 1.29 is 9.90 Å². The maximum Gasteiger partial charge on any atom is 0.335 e. The highest BCUT2D eigenvalue weighted by molar-refractivity contribution is 5.87. The first-order valence-electron chi connectivity index (χ1n) is 11.5. The Morgan fingerprint density at radius 2 is 1.72 bits per heavy atom. The van der Waals surface area contributed by atoms with E-state index in [0.717, 1.165) is 65.9 Å². The summed E-state index contributed by atoms with van der Waals surface area (Å²) in [5, 5.41) is 9.15. The second-order valence-corrected chi connectivity index (χ2v) is 10.4. The molecule has 1 heterocycles. The standard InChI is InChI=1S/C27H33N3O2/c1-26(2)13-14-27(3,4)24-23(26)29-16-21(30-24)19-7-5-6-8-20(15-19)22(28)17-9-11-18(12-10-17)25(31)32/h7,9-12,15-16,22H,5-6,8,13-14,28H2,1-4H3,(H,31,32). The van der Waals surface area contributed by atoms with E-state index in [0.29, 0.717) is 0 Å². The molecule has 1 aromatic carbocycles. The lowest BCUT2D eigenvalue weighted by molar-refractivity contribution is 0.0697. The molecule has 2 aromatic rings. The first-order valence-corrected chi connectivity index (χ1v) is 11.5. The van der Waals surface area contributed by atoms with E-state index >= 15 is 0 Å². The van der Waals surface area contributed by atoms with Gasteiger partial charge in [0.15, 0.2) is 0 Å². The summed E-state index contributed by atoms with van der Waals surface area (Å²) >= 11 is 0. The summed E-state index contributed by atoms with van der Waals surface area (Å²) in [5.74, 6) is -0.930. The number of carboxylic acids is 1. The number of rotatable bonds is 4. The number of nitrogens with two attached hydrogens (primary N) is 1. The molecule has 0 saturated heterocycles. The average Bonchev–Trinajstić information content (AvgIpc) is 3.03. The number of fused-ring (bicyclic) bond motifs is 1. The quantitative estimate of drug-likeness (QED) is 0.646. The highest BCUT2D eigenvalue weighted by Gasteiger charge is 2.39. The molecule has 1 unspecified atom stereocenters. The van der Waals surface area contributed by atoms with Crippen LogP contribution >= 0.6 is 0 Å². The molecule has 0 amide bonds. The van der Waals surface area contributed by atoms with Gasteiger partial charge in [0.1, 0.15) is 0 Å². The molecule has 1 atom stereocenters. The fourth-order valence-corrected chi connectivity index (χ4v) is 4.72. The highest BCUT2D eigenvalue weighted by atomic mass is 16.4. The number of nitrogens with zero attached hydrogens (tertiary/aromatic N) is 2. The lowest BCUT2D eigenvalue weighted by Crippen LogP contribution is -2.36. The van der Waals surface area contributed by atoms with Crippen molar-refractivity contribution in [2.75, 3.05) is 0 Å².